The first-order valence-electron chi connectivity index (χ1n) is 6.62. The van der Waals surface area contributed by atoms with E-state index in [1.54, 1.807) is 18.2 Å². The molecule has 1 N–H and O–H groups in total. The van der Waals surface area contributed by atoms with Gasteiger partial charge in [0.2, 0.25) is 0 Å². The van der Waals surface area contributed by atoms with Gasteiger partial charge in [-0.1, -0.05) is 11.6 Å². The Hall–Kier alpha value is -2.27. The van der Waals surface area contributed by atoms with E-state index >= 15 is 0 Å². The van der Waals surface area contributed by atoms with Gasteiger partial charge in [-0.2, -0.15) is 0 Å². The molecule has 0 atom stereocenters. The molecule has 116 valence electrons. The van der Waals surface area contributed by atoms with E-state index in [4.69, 9.17) is 21.1 Å². The second-order valence-corrected chi connectivity index (χ2v) is 4.81. The number of methoxy groups -OCH3 is 1. The molecule has 0 radical (unpaired) electrons. The number of nitrogens with one attached hydrogen (secondary N) is 1. The van der Waals surface area contributed by atoms with E-state index in [2.05, 4.69) is 5.32 Å². The first-order chi connectivity index (χ1) is 10.5. The Bertz CT molecular complexity index is 691. The van der Waals surface area contributed by atoms with Crippen molar-refractivity contribution in [1.29, 1.82) is 0 Å². The highest BCUT2D eigenvalue weighted by Crippen LogP contribution is 2.28. The molecular weight excluding hydrogens is 309 g/mol. The summed E-state index contributed by atoms with van der Waals surface area (Å²) in [5, 5.41) is 2.75. The predicted octanol–water partition coefficient (Wildman–Crippen LogP) is 4.14. The van der Waals surface area contributed by atoms with Crippen molar-refractivity contribution in [1.82, 2.24) is 0 Å². The van der Waals surface area contributed by atoms with Crippen molar-refractivity contribution in [3.05, 3.63) is 52.8 Å². The summed E-state index contributed by atoms with van der Waals surface area (Å²) >= 11 is 5.68. The van der Waals surface area contributed by atoms with Gasteiger partial charge in [-0.05, 0) is 43.3 Å². The zero-order valence-corrected chi connectivity index (χ0v) is 12.9. The number of carbonyl (C=O) groups is 1. The first kappa shape index (κ1) is 16.1. The topological polar surface area (TPSA) is 47.6 Å². The average Bonchev–Trinajstić information content (AvgIpc) is 2.50. The van der Waals surface area contributed by atoms with Gasteiger partial charge in [-0.3, -0.25) is 4.79 Å². The minimum atomic E-state index is -0.598. The molecule has 2 rings (SSSR count). The van der Waals surface area contributed by atoms with E-state index < -0.39 is 11.7 Å². The molecule has 4 nitrogen and oxygen atoms in total. The van der Waals surface area contributed by atoms with Crippen molar-refractivity contribution in [3.8, 4) is 11.5 Å². The Morgan fingerprint density at radius 1 is 1.23 bits per heavy atom. The molecule has 0 bridgehead atoms. The van der Waals surface area contributed by atoms with Gasteiger partial charge in [0.1, 0.15) is 5.82 Å². The number of halogens is 2. The molecule has 0 heterocycles. The monoisotopic (exact) mass is 323 g/mol. The lowest BCUT2D eigenvalue weighted by Crippen LogP contribution is -2.13. The van der Waals surface area contributed by atoms with Gasteiger partial charge in [0.15, 0.2) is 11.5 Å². The zero-order valence-electron chi connectivity index (χ0n) is 12.2. The molecule has 0 saturated heterocycles. The molecule has 0 saturated carbocycles. The molecule has 0 aliphatic heterocycles. The number of anilines is 1. The number of hydrogen-bond acceptors (Lipinski definition) is 3. The van der Waals surface area contributed by atoms with Crippen LogP contribution in [0.3, 0.4) is 0 Å². The number of hydrogen-bond donors (Lipinski definition) is 1. The van der Waals surface area contributed by atoms with Gasteiger partial charge in [0, 0.05) is 10.6 Å². The highest BCUT2D eigenvalue weighted by atomic mass is 35.5. The quantitative estimate of drug-likeness (QED) is 0.899. The van der Waals surface area contributed by atoms with Crippen molar-refractivity contribution in [2.24, 2.45) is 0 Å². The number of rotatable bonds is 5. The maximum absolute atomic E-state index is 13.7. The van der Waals surface area contributed by atoms with E-state index in [0.29, 0.717) is 23.7 Å². The normalized spacial score (nSPS) is 10.2. The standard InChI is InChI=1S/C16H15ClFNO3/c1-3-22-15-8-10(4-7-14(15)21-2)16(20)19-13-6-5-11(17)9-12(13)18/h4-9H,3H2,1-2H3,(H,19,20). The molecule has 2 aromatic carbocycles. The second-order valence-electron chi connectivity index (χ2n) is 4.38. The van der Waals surface area contributed by atoms with Crippen LogP contribution in [0.25, 0.3) is 0 Å². The molecule has 0 unspecified atom stereocenters. The van der Waals surface area contributed by atoms with Gasteiger partial charge >= 0.3 is 0 Å². The second kappa shape index (κ2) is 7.13. The summed E-state index contributed by atoms with van der Waals surface area (Å²) in [7, 11) is 1.51. The molecule has 0 fully saturated rings. The molecule has 6 heteroatoms. The Balaban J connectivity index is 2.23. The van der Waals surface area contributed by atoms with E-state index in [1.807, 2.05) is 6.92 Å². The summed E-state index contributed by atoms with van der Waals surface area (Å²) in [6.45, 7) is 2.27. The molecule has 2 aromatic rings. The largest absolute Gasteiger partial charge is 0.493 e. The SMILES string of the molecule is CCOc1cc(C(=O)Nc2ccc(Cl)cc2F)ccc1OC. The van der Waals surface area contributed by atoms with Crippen LogP contribution >= 0.6 is 11.6 Å². The lowest BCUT2D eigenvalue weighted by atomic mass is 10.1. The van der Waals surface area contributed by atoms with E-state index in [9.17, 15) is 9.18 Å². The van der Waals surface area contributed by atoms with Crippen molar-refractivity contribution in [2.45, 2.75) is 6.92 Å². The van der Waals surface area contributed by atoms with Gasteiger partial charge in [-0.15, -0.1) is 0 Å². The van der Waals surface area contributed by atoms with E-state index in [1.165, 1.54) is 19.2 Å². The highest BCUT2D eigenvalue weighted by molar-refractivity contribution is 6.30. The number of amides is 1. The molecule has 0 aromatic heterocycles. The molecule has 0 spiro atoms. The number of benzene rings is 2. The van der Waals surface area contributed by atoms with Crippen molar-refractivity contribution in [3.63, 3.8) is 0 Å². The van der Waals surface area contributed by atoms with E-state index in [-0.39, 0.29) is 10.7 Å². The fourth-order valence-corrected chi connectivity index (χ4v) is 2.03. The summed E-state index contributed by atoms with van der Waals surface area (Å²) < 4.78 is 24.3. The lowest BCUT2D eigenvalue weighted by molar-refractivity contribution is 0.102. The van der Waals surface area contributed by atoms with Gasteiger partial charge in [0.25, 0.3) is 5.91 Å². The predicted molar refractivity (Wildman–Crippen MR) is 83.5 cm³/mol. The minimum Gasteiger partial charge on any atom is -0.493 e. The van der Waals surface area contributed by atoms with Gasteiger partial charge in [-0.25, -0.2) is 4.39 Å². The summed E-state index contributed by atoms with van der Waals surface area (Å²) in [6, 6.07) is 8.79. The summed E-state index contributed by atoms with van der Waals surface area (Å²) in [5.41, 5.74) is 0.391. The molecular formula is C16H15ClFNO3. The van der Waals surface area contributed by atoms with Crippen LogP contribution in [0, 0.1) is 5.82 Å². The Kier molecular flexibility index (Phi) is 5.22. The first-order valence-corrected chi connectivity index (χ1v) is 7.00. The Labute approximate surface area is 132 Å². The minimum absolute atomic E-state index is 0.0585. The third-order valence-corrected chi connectivity index (χ3v) is 3.14. The third kappa shape index (κ3) is 3.68. The number of carbonyl (C=O) groups excluding carboxylic acids is 1. The molecule has 22 heavy (non-hydrogen) atoms. The maximum Gasteiger partial charge on any atom is 0.255 e. The van der Waals surface area contributed by atoms with Crippen LogP contribution in [0.15, 0.2) is 36.4 Å². The van der Waals surface area contributed by atoms with Crippen LogP contribution in [0.4, 0.5) is 10.1 Å². The van der Waals surface area contributed by atoms with Crippen molar-refractivity contribution in [2.75, 3.05) is 19.0 Å². The molecule has 0 aliphatic rings. The van der Waals surface area contributed by atoms with Crippen LogP contribution in [-0.2, 0) is 0 Å². The van der Waals surface area contributed by atoms with E-state index in [0.717, 1.165) is 6.07 Å². The fraction of sp³-hybridized carbons (Fsp3) is 0.188. The molecule has 1 amide bonds. The highest BCUT2D eigenvalue weighted by Gasteiger charge is 2.13. The van der Waals surface area contributed by atoms with Gasteiger partial charge < -0.3 is 14.8 Å². The molecule has 0 aliphatic carbocycles. The Morgan fingerprint density at radius 3 is 2.64 bits per heavy atom. The summed E-state index contributed by atoms with van der Waals surface area (Å²) in [4.78, 5) is 12.2. The summed E-state index contributed by atoms with van der Waals surface area (Å²) in [6.07, 6.45) is 0. The van der Waals surface area contributed by atoms with Crippen LogP contribution in [0.1, 0.15) is 17.3 Å². The van der Waals surface area contributed by atoms with Crippen molar-refractivity contribution >= 4 is 23.2 Å². The van der Waals surface area contributed by atoms with Gasteiger partial charge in [0.05, 0.1) is 19.4 Å². The van der Waals surface area contributed by atoms with Crippen LogP contribution in [-0.4, -0.2) is 19.6 Å². The fourth-order valence-electron chi connectivity index (χ4n) is 1.87. The van der Waals surface area contributed by atoms with Crippen LogP contribution < -0.4 is 14.8 Å². The Morgan fingerprint density at radius 2 is 2.00 bits per heavy atom. The van der Waals surface area contributed by atoms with Crippen LogP contribution in [0.5, 0.6) is 11.5 Å². The lowest BCUT2D eigenvalue weighted by Gasteiger charge is -2.11. The smallest absolute Gasteiger partial charge is 0.255 e. The third-order valence-electron chi connectivity index (χ3n) is 2.90. The summed E-state index contributed by atoms with van der Waals surface area (Å²) in [5.74, 6) is -0.0745. The van der Waals surface area contributed by atoms with Crippen LogP contribution in [0.2, 0.25) is 5.02 Å². The van der Waals surface area contributed by atoms with Crippen molar-refractivity contribution < 1.29 is 18.7 Å². The number of ether oxygens (including phenoxy) is 2. The zero-order chi connectivity index (χ0) is 16.1. The average molecular weight is 324 g/mol. The maximum atomic E-state index is 13.7.